The Hall–Kier alpha value is -1.70. The Labute approximate surface area is 124 Å². The smallest absolute Gasteiger partial charge is 0.240 e. The lowest BCUT2D eigenvalue weighted by molar-refractivity contribution is 0.281. The predicted octanol–water partition coefficient (Wildman–Crippen LogP) is 1.12. The second kappa shape index (κ2) is 6.84. The fraction of sp³-hybridized carbons (Fsp3) is 0.357. The van der Waals surface area contributed by atoms with Gasteiger partial charge in [0.2, 0.25) is 10.0 Å². The summed E-state index contributed by atoms with van der Waals surface area (Å²) in [6, 6.07) is 6.29. The van der Waals surface area contributed by atoms with Crippen molar-refractivity contribution in [3.8, 4) is 0 Å². The molecular formula is C14H19N3O3S. The number of rotatable bonds is 7. The molecule has 0 atom stereocenters. The minimum atomic E-state index is -3.53. The molecule has 1 aromatic heterocycles. The van der Waals surface area contributed by atoms with Crippen LogP contribution in [0.25, 0.3) is 0 Å². The summed E-state index contributed by atoms with van der Waals surface area (Å²) in [5.74, 6) is 0. The zero-order chi connectivity index (χ0) is 15.3. The minimum Gasteiger partial charge on any atom is -0.392 e. The van der Waals surface area contributed by atoms with Gasteiger partial charge in [-0.15, -0.1) is 0 Å². The molecular weight excluding hydrogens is 290 g/mol. The van der Waals surface area contributed by atoms with Crippen molar-refractivity contribution in [2.75, 3.05) is 6.54 Å². The predicted molar refractivity (Wildman–Crippen MR) is 79.2 cm³/mol. The highest BCUT2D eigenvalue weighted by Gasteiger charge is 2.13. The average molecular weight is 309 g/mol. The molecule has 0 aliphatic rings. The number of hydrogen-bond acceptors (Lipinski definition) is 4. The molecule has 0 aliphatic heterocycles. The molecule has 0 spiro atoms. The fourth-order valence-corrected chi connectivity index (χ4v) is 3.15. The van der Waals surface area contributed by atoms with Crippen LogP contribution in [0.15, 0.2) is 35.4 Å². The Bertz CT molecular complexity index is 695. The number of H-pyrrole nitrogens is 1. The number of aromatic nitrogens is 2. The van der Waals surface area contributed by atoms with Crippen LogP contribution >= 0.6 is 0 Å². The van der Waals surface area contributed by atoms with Crippen molar-refractivity contribution in [1.82, 2.24) is 14.9 Å². The number of nitrogens with one attached hydrogen (secondary N) is 2. The molecule has 0 saturated heterocycles. The van der Waals surface area contributed by atoms with Gasteiger partial charge in [-0.2, -0.15) is 5.10 Å². The van der Waals surface area contributed by atoms with Crippen molar-refractivity contribution < 1.29 is 13.5 Å². The molecule has 0 bridgehead atoms. The second-order valence-corrected chi connectivity index (χ2v) is 6.59. The van der Waals surface area contributed by atoms with E-state index in [9.17, 15) is 8.42 Å². The zero-order valence-corrected chi connectivity index (χ0v) is 12.7. The van der Waals surface area contributed by atoms with Crippen molar-refractivity contribution in [2.24, 2.45) is 0 Å². The van der Waals surface area contributed by atoms with Gasteiger partial charge >= 0.3 is 0 Å². The lowest BCUT2D eigenvalue weighted by Gasteiger charge is -2.07. The maximum absolute atomic E-state index is 12.1. The number of hydrogen-bond donors (Lipinski definition) is 3. The summed E-state index contributed by atoms with van der Waals surface area (Å²) in [6.07, 6.45) is 3.22. The Morgan fingerprint density at radius 1 is 1.38 bits per heavy atom. The average Bonchev–Trinajstić information content (AvgIpc) is 2.89. The summed E-state index contributed by atoms with van der Waals surface area (Å²) in [5, 5.41) is 15.8. The zero-order valence-electron chi connectivity index (χ0n) is 11.8. The molecule has 0 saturated carbocycles. The topological polar surface area (TPSA) is 95.1 Å². The van der Waals surface area contributed by atoms with Crippen LogP contribution in [0, 0.1) is 6.92 Å². The van der Waals surface area contributed by atoms with E-state index in [1.54, 1.807) is 18.3 Å². The lowest BCUT2D eigenvalue weighted by atomic mass is 10.1. The third kappa shape index (κ3) is 4.13. The number of aryl methyl sites for hydroxylation is 2. The van der Waals surface area contributed by atoms with E-state index in [0.717, 1.165) is 17.7 Å². The van der Waals surface area contributed by atoms with Crippen LogP contribution in [0.1, 0.15) is 23.2 Å². The van der Waals surface area contributed by atoms with E-state index < -0.39 is 10.0 Å². The van der Waals surface area contributed by atoms with E-state index in [2.05, 4.69) is 14.9 Å². The molecule has 2 aromatic rings. The van der Waals surface area contributed by atoms with E-state index in [0.29, 0.717) is 18.5 Å². The molecule has 0 amide bonds. The van der Waals surface area contributed by atoms with Crippen molar-refractivity contribution in [2.45, 2.75) is 31.3 Å². The Morgan fingerprint density at radius 2 is 2.19 bits per heavy atom. The number of nitrogens with zero attached hydrogens (tertiary/aromatic N) is 1. The monoisotopic (exact) mass is 309 g/mol. The molecule has 21 heavy (non-hydrogen) atoms. The van der Waals surface area contributed by atoms with Crippen LogP contribution in [0.4, 0.5) is 0 Å². The SMILES string of the molecule is Cc1[nH]ncc1CCCNS(=O)(=O)c1cccc(CO)c1. The van der Waals surface area contributed by atoms with Crippen molar-refractivity contribution in [1.29, 1.82) is 0 Å². The number of benzene rings is 1. The minimum absolute atomic E-state index is 0.175. The molecule has 0 radical (unpaired) electrons. The van der Waals surface area contributed by atoms with Gasteiger partial charge in [-0.1, -0.05) is 12.1 Å². The van der Waals surface area contributed by atoms with Crippen molar-refractivity contribution in [3.05, 3.63) is 47.3 Å². The fourth-order valence-electron chi connectivity index (χ4n) is 2.01. The molecule has 1 heterocycles. The van der Waals surface area contributed by atoms with Gasteiger partial charge in [0.25, 0.3) is 0 Å². The van der Waals surface area contributed by atoms with Crippen molar-refractivity contribution >= 4 is 10.0 Å². The van der Waals surface area contributed by atoms with E-state index in [1.807, 2.05) is 6.92 Å². The normalized spacial score (nSPS) is 11.7. The highest BCUT2D eigenvalue weighted by Crippen LogP contribution is 2.12. The molecule has 114 valence electrons. The summed E-state index contributed by atoms with van der Waals surface area (Å²) in [7, 11) is -3.53. The summed E-state index contributed by atoms with van der Waals surface area (Å²) >= 11 is 0. The summed E-state index contributed by atoms with van der Waals surface area (Å²) in [6.45, 7) is 2.12. The first-order chi connectivity index (χ1) is 10.0. The molecule has 2 rings (SSSR count). The van der Waals surface area contributed by atoms with Crippen LogP contribution in [0.3, 0.4) is 0 Å². The van der Waals surface area contributed by atoms with Gasteiger partial charge in [0, 0.05) is 12.2 Å². The van der Waals surface area contributed by atoms with Crippen LogP contribution < -0.4 is 4.72 Å². The third-order valence-electron chi connectivity index (χ3n) is 3.24. The van der Waals surface area contributed by atoms with Gasteiger partial charge < -0.3 is 5.11 Å². The molecule has 3 N–H and O–H groups in total. The van der Waals surface area contributed by atoms with Gasteiger partial charge in [0.05, 0.1) is 17.7 Å². The van der Waals surface area contributed by atoms with Gasteiger partial charge in [0.15, 0.2) is 0 Å². The maximum atomic E-state index is 12.1. The molecule has 0 unspecified atom stereocenters. The van der Waals surface area contributed by atoms with E-state index in [1.165, 1.54) is 12.1 Å². The van der Waals surface area contributed by atoms with Crippen LogP contribution in [0.2, 0.25) is 0 Å². The standard InChI is InChI=1S/C14H19N3O3S/c1-11-13(9-15-17-11)5-3-7-16-21(19,20)14-6-2-4-12(8-14)10-18/h2,4,6,8-9,16,18H,3,5,7,10H2,1H3,(H,15,17). The summed E-state index contributed by atoms with van der Waals surface area (Å²) in [5.41, 5.74) is 2.68. The number of aliphatic hydroxyl groups is 1. The molecule has 0 aliphatic carbocycles. The van der Waals surface area contributed by atoms with Crippen molar-refractivity contribution in [3.63, 3.8) is 0 Å². The van der Waals surface area contributed by atoms with Crippen LogP contribution in [0.5, 0.6) is 0 Å². The highest BCUT2D eigenvalue weighted by atomic mass is 32.2. The summed E-state index contributed by atoms with van der Waals surface area (Å²) in [4.78, 5) is 0.175. The highest BCUT2D eigenvalue weighted by molar-refractivity contribution is 7.89. The lowest BCUT2D eigenvalue weighted by Crippen LogP contribution is -2.25. The van der Waals surface area contributed by atoms with Gasteiger partial charge in [-0.25, -0.2) is 13.1 Å². The van der Waals surface area contributed by atoms with Crippen LogP contribution in [-0.2, 0) is 23.1 Å². The maximum Gasteiger partial charge on any atom is 0.240 e. The number of sulfonamides is 1. The van der Waals surface area contributed by atoms with E-state index in [4.69, 9.17) is 5.11 Å². The van der Waals surface area contributed by atoms with E-state index >= 15 is 0 Å². The first kappa shape index (κ1) is 15.7. The van der Waals surface area contributed by atoms with Crippen LogP contribution in [-0.4, -0.2) is 30.3 Å². The Kier molecular flexibility index (Phi) is 5.11. The van der Waals surface area contributed by atoms with Gasteiger partial charge in [-0.05, 0) is 43.0 Å². The molecule has 0 fully saturated rings. The summed E-state index contributed by atoms with van der Waals surface area (Å²) < 4.78 is 26.8. The number of aromatic amines is 1. The second-order valence-electron chi connectivity index (χ2n) is 4.83. The molecule has 7 heteroatoms. The largest absolute Gasteiger partial charge is 0.392 e. The molecule has 6 nitrogen and oxygen atoms in total. The quantitative estimate of drug-likeness (QED) is 0.668. The first-order valence-electron chi connectivity index (χ1n) is 6.71. The number of aliphatic hydroxyl groups excluding tert-OH is 1. The Balaban J connectivity index is 1.90. The molecule has 1 aromatic carbocycles. The van der Waals surface area contributed by atoms with Gasteiger partial charge in [-0.3, -0.25) is 5.10 Å². The Morgan fingerprint density at radius 3 is 2.86 bits per heavy atom. The van der Waals surface area contributed by atoms with E-state index in [-0.39, 0.29) is 11.5 Å². The third-order valence-corrected chi connectivity index (χ3v) is 4.70. The van der Waals surface area contributed by atoms with Gasteiger partial charge in [0.1, 0.15) is 0 Å². The first-order valence-corrected chi connectivity index (χ1v) is 8.19.